The summed E-state index contributed by atoms with van der Waals surface area (Å²) in [6.07, 6.45) is 2.02. The molecule has 1 rings (SSSR count). The molecular weight excluding hydrogens is 268 g/mol. The van der Waals surface area contributed by atoms with Crippen LogP contribution in [0.15, 0.2) is 0 Å². The van der Waals surface area contributed by atoms with Crippen molar-refractivity contribution in [3.8, 4) is 0 Å². The number of rotatable bonds is 7. The van der Waals surface area contributed by atoms with Gasteiger partial charge in [0.1, 0.15) is 6.04 Å². The number of hydrogen-bond donors (Lipinski definition) is 4. The first-order valence-electron chi connectivity index (χ1n) is 6.48. The van der Waals surface area contributed by atoms with Gasteiger partial charge in [-0.25, -0.2) is 9.59 Å². The Morgan fingerprint density at radius 2 is 2.00 bits per heavy atom. The summed E-state index contributed by atoms with van der Waals surface area (Å²) in [6, 6.07) is -1.97. The third-order valence-corrected chi connectivity index (χ3v) is 3.32. The Balaban J connectivity index is 2.45. The molecule has 0 aromatic carbocycles. The van der Waals surface area contributed by atoms with Gasteiger partial charge in [0, 0.05) is 13.5 Å². The van der Waals surface area contributed by atoms with Crippen LogP contribution in [0.1, 0.15) is 32.1 Å². The lowest BCUT2D eigenvalue weighted by Crippen LogP contribution is -2.51. The summed E-state index contributed by atoms with van der Waals surface area (Å²) in [6.45, 7) is 0. The van der Waals surface area contributed by atoms with Gasteiger partial charge >= 0.3 is 18.0 Å². The monoisotopic (exact) mass is 288 g/mol. The highest BCUT2D eigenvalue weighted by molar-refractivity contribution is 5.83. The predicted molar refractivity (Wildman–Crippen MR) is 68.4 cm³/mol. The molecule has 20 heavy (non-hydrogen) atoms. The second-order valence-electron chi connectivity index (χ2n) is 4.75. The number of urea groups is 1. The maximum Gasteiger partial charge on any atom is 0.326 e. The maximum atomic E-state index is 11.7. The van der Waals surface area contributed by atoms with E-state index in [-0.39, 0.29) is 25.0 Å². The van der Waals surface area contributed by atoms with E-state index in [9.17, 15) is 14.4 Å². The van der Waals surface area contributed by atoms with Gasteiger partial charge in [-0.1, -0.05) is 0 Å². The van der Waals surface area contributed by atoms with Crippen LogP contribution in [0.5, 0.6) is 0 Å². The third-order valence-electron chi connectivity index (χ3n) is 3.32. The summed E-state index contributed by atoms with van der Waals surface area (Å²) in [5.74, 6) is -2.36. The fraction of sp³-hybridized carbons (Fsp3) is 0.750. The summed E-state index contributed by atoms with van der Waals surface area (Å²) in [4.78, 5) is 33.1. The number of aliphatic carboxylic acids is 2. The van der Waals surface area contributed by atoms with Gasteiger partial charge in [-0.15, -0.1) is 0 Å². The van der Waals surface area contributed by atoms with E-state index in [0.29, 0.717) is 0 Å². The number of amides is 2. The van der Waals surface area contributed by atoms with Gasteiger partial charge in [-0.2, -0.15) is 0 Å². The molecule has 0 aromatic rings. The molecule has 8 heteroatoms. The van der Waals surface area contributed by atoms with Crippen molar-refractivity contribution in [1.82, 2.24) is 10.6 Å². The molecule has 114 valence electrons. The minimum Gasteiger partial charge on any atom is -0.481 e. The van der Waals surface area contributed by atoms with Crippen LogP contribution in [0.3, 0.4) is 0 Å². The lowest BCUT2D eigenvalue weighted by molar-refractivity contribution is -0.140. The standard InChI is InChI=1S/C12H20N2O6/c1-20-9-4-2-3-7(9)13-12(19)14-8(11(17)18)5-6-10(15)16/h7-9H,2-6H2,1H3,(H,15,16)(H,17,18)(H2,13,14,19). The van der Waals surface area contributed by atoms with E-state index in [2.05, 4.69) is 10.6 Å². The van der Waals surface area contributed by atoms with Gasteiger partial charge in [0.2, 0.25) is 0 Å². The van der Waals surface area contributed by atoms with Gasteiger partial charge in [0.25, 0.3) is 0 Å². The van der Waals surface area contributed by atoms with E-state index in [1.807, 2.05) is 0 Å². The number of hydrogen-bond acceptors (Lipinski definition) is 4. The fourth-order valence-corrected chi connectivity index (χ4v) is 2.27. The van der Waals surface area contributed by atoms with E-state index in [0.717, 1.165) is 19.3 Å². The quantitative estimate of drug-likeness (QED) is 0.529. The van der Waals surface area contributed by atoms with Crippen molar-refractivity contribution in [2.24, 2.45) is 0 Å². The zero-order valence-corrected chi connectivity index (χ0v) is 11.3. The highest BCUT2D eigenvalue weighted by Crippen LogP contribution is 2.21. The molecule has 0 aliphatic heterocycles. The number of carbonyl (C=O) groups excluding carboxylic acids is 1. The minimum atomic E-state index is -1.25. The van der Waals surface area contributed by atoms with Crippen molar-refractivity contribution < 1.29 is 29.3 Å². The summed E-state index contributed by atoms with van der Waals surface area (Å²) in [5, 5.41) is 22.4. The molecule has 0 heterocycles. The van der Waals surface area contributed by atoms with Crippen molar-refractivity contribution in [3.63, 3.8) is 0 Å². The number of nitrogens with one attached hydrogen (secondary N) is 2. The largest absolute Gasteiger partial charge is 0.481 e. The van der Waals surface area contributed by atoms with Crippen LogP contribution in [0, 0.1) is 0 Å². The molecular formula is C12H20N2O6. The van der Waals surface area contributed by atoms with Gasteiger partial charge in [-0.05, 0) is 25.7 Å². The average Bonchev–Trinajstić information content (AvgIpc) is 2.80. The van der Waals surface area contributed by atoms with Crippen molar-refractivity contribution in [2.75, 3.05) is 7.11 Å². The first-order valence-corrected chi connectivity index (χ1v) is 6.48. The predicted octanol–water partition coefficient (Wildman–Crippen LogP) is 0.171. The highest BCUT2D eigenvalue weighted by atomic mass is 16.5. The van der Waals surface area contributed by atoms with Crippen LogP contribution in [0.2, 0.25) is 0 Å². The SMILES string of the molecule is COC1CCCC1NC(=O)NC(CCC(=O)O)C(=O)O. The molecule has 2 amide bonds. The zero-order chi connectivity index (χ0) is 15.1. The maximum absolute atomic E-state index is 11.7. The number of carboxylic acid groups (broad SMARTS) is 2. The van der Waals surface area contributed by atoms with E-state index in [4.69, 9.17) is 14.9 Å². The number of methoxy groups -OCH3 is 1. The molecule has 0 aromatic heterocycles. The molecule has 1 aliphatic carbocycles. The molecule has 3 atom stereocenters. The minimum absolute atomic E-state index is 0.0666. The molecule has 1 saturated carbocycles. The smallest absolute Gasteiger partial charge is 0.326 e. The summed E-state index contributed by atoms with van der Waals surface area (Å²) < 4.78 is 5.22. The van der Waals surface area contributed by atoms with E-state index in [1.165, 1.54) is 0 Å². The first-order chi connectivity index (χ1) is 9.43. The molecule has 0 saturated heterocycles. The van der Waals surface area contributed by atoms with Crippen molar-refractivity contribution >= 4 is 18.0 Å². The van der Waals surface area contributed by atoms with Crippen LogP contribution in [-0.4, -0.2) is 53.5 Å². The van der Waals surface area contributed by atoms with Crippen LogP contribution in [-0.2, 0) is 14.3 Å². The molecule has 3 unspecified atom stereocenters. The summed E-state index contributed by atoms with van der Waals surface area (Å²) in [7, 11) is 1.56. The Bertz CT molecular complexity index is 373. The van der Waals surface area contributed by atoms with E-state index in [1.54, 1.807) is 7.11 Å². The van der Waals surface area contributed by atoms with Gasteiger partial charge in [0.05, 0.1) is 12.1 Å². The Kier molecular flexibility index (Phi) is 6.23. The summed E-state index contributed by atoms with van der Waals surface area (Å²) in [5.41, 5.74) is 0. The van der Waals surface area contributed by atoms with Crippen LogP contribution >= 0.6 is 0 Å². The lowest BCUT2D eigenvalue weighted by Gasteiger charge is -2.21. The molecule has 8 nitrogen and oxygen atoms in total. The second-order valence-corrected chi connectivity index (χ2v) is 4.75. The number of carboxylic acids is 2. The van der Waals surface area contributed by atoms with Crippen molar-refractivity contribution in [3.05, 3.63) is 0 Å². The molecule has 0 radical (unpaired) electrons. The zero-order valence-electron chi connectivity index (χ0n) is 11.3. The first kappa shape index (κ1) is 16.2. The topological polar surface area (TPSA) is 125 Å². The highest BCUT2D eigenvalue weighted by Gasteiger charge is 2.29. The Morgan fingerprint density at radius 1 is 1.30 bits per heavy atom. The van der Waals surface area contributed by atoms with Gasteiger partial charge in [0.15, 0.2) is 0 Å². The fourth-order valence-electron chi connectivity index (χ4n) is 2.27. The van der Waals surface area contributed by atoms with E-state index < -0.39 is 24.0 Å². The molecule has 0 spiro atoms. The van der Waals surface area contributed by atoms with Crippen LogP contribution in [0.25, 0.3) is 0 Å². The Labute approximate surface area is 116 Å². The Hall–Kier alpha value is -1.83. The van der Waals surface area contributed by atoms with E-state index >= 15 is 0 Å². The van der Waals surface area contributed by atoms with Crippen molar-refractivity contribution in [2.45, 2.75) is 50.3 Å². The van der Waals surface area contributed by atoms with Crippen LogP contribution in [0.4, 0.5) is 4.79 Å². The Morgan fingerprint density at radius 3 is 2.55 bits per heavy atom. The average molecular weight is 288 g/mol. The number of ether oxygens (including phenoxy) is 1. The van der Waals surface area contributed by atoms with Crippen LogP contribution < -0.4 is 10.6 Å². The van der Waals surface area contributed by atoms with Gasteiger partial charge < -0.3 is 25.6 Å². The molecule has 1 aliphatic rings. The lowest BCUT2D eigenvalue weighted by atomic mass is 10.1. The normalized spacial score (nSPS) is 23.1. The van der Waals surface area contributed by atoms with Crippen molar-refractivity contribution in [1.29, 1.82) is 0 Å². The molecule has 0 bridgehead atoms. The third kappa shape index (κ3) is 5.04. The molecule has 4 N–H and O–H groups in total. The van der Waals surface area contributed by atoms with Gasteiger partial charge in [-0.3, -0.25) is 4.79 Å². The summed E-state index contributed by atoms with van der Waals surface area (Å²) >= 11 is 0. The number of carbonyl (C=O) groups is 3. The molecule has 1 fully saturated rings. The second kappa shape index (κ2) is 7.68.